The Morgan fingerprint density at radius 3 is 2.26 bits per heavy atom. The van der Waals surface area contributed by atoms with E-state index >= 15 is 0 Å². The van der Waals surface area contributed by atoms with Crippen molar-refractivity contribution < 1.29 is 0 Å². The van der Waals surface area contributed by atoms with E-state index in [1.54, 1.807) is 0 Å². The van der Waals surface area contributed by atoms with Gasteiger partial charge in [-0.1, -0.05) is 51.1 Å². The third kappa shape index (κ3) is 3.58. The van der Waals surface area contributed by atoms with E-state index in [2.05, 4.69) is 56.0 Å². The molecular weight excluding hydrogens is 232 g/mol. The lowest BCUT2D eigenvalue weighted by molar-refractivity contribution is 0.0869. The van der Waals surface area contributed by atoms with Crippen LogP contribution in [-0.4, -0.2) is 30.6 Å². The number of nitrogens with zero attached hydrogens (tertiary/aromatic N) is 1. The van der Waals surface area contributed by atoms with Crippen LogP contribution in [0.25, 0.3) is 0 Å². The molecule has 1 aromatic rings. The van der Waals surface area contributed by atoms with Crippen molar-refractivity contribution in [3.8, 4) is 0 Å². The first-order chi connectivity index (χ1) is 9.03. The average molecular weight is 260 g/mol. The molecule has 1 saturated heterocycles. The second-order valence-corrected chi connectivity index (χ2v) is 6.70. The summed E-state index contributed by atoms with van der Waals surface area (Å²) < 4.78 is 0. The Morgan fingerprint density at radius 1 is 1.16 bits per heavy atom. The van der Waals surface area contributed by atoms with Crippen LogP contribution in [0.5, 0.6) is 0 Å². The molecule has 2 heteroatoms. The van der Waals surface area contributed by atoms with Gasteiger partial charge in [-0.25, -0.2) is 0 Å². The minimum absolute atomic E-state index is 0.471. The molecule has 1 aromatic carbocycles. The zero-order valence-electron chi connectivity index (χ0n) is 12.6. The van der Waals surface area contributed by atoms with E-state index in [0.29, 0.717) is 17.4 Å². The van der Waals surface area contributed by atoms with Crippen molar-refractivity contribution in [1.29, 1.82) is 0 Å². The first-order valence-electron chi connectivity index (χ1n) is 7.52. The van der Waals surface area contributed by atoms with Gasteiger partial charge >= 0.3 is 0 Å². The summed E-state index contributed by atoms with van der Waals surface area (Å²) in [6.45, 7) is 10.2. The smallest absolute Gasteiger partial charge is 0.0284 e. The maximum Gasteiger partial charge on any atom is 0.0284 e. The topological polar surface area (TPSA) is 29.3 Å². The van der Waals surface area contributed by atoms with Gasteiger partial charge in [0.25, 0.3) is 0 Å². The van der Waals surface area contributed by atoms with Gasteiger partial charge in [0.05, 0.1) is 0 Å². The Bertz CT molecular complexity index is 376. The number of hydrogen-bond acceptors (Lipinski definition) is 2. The highest BCUT2D eigenvalue weighted by atomic mass is 15.2. The van der Waals surface area contributed by atoms with Crippen LogP contribution in [-0.2, 0) is 0 Å². The van der Waals surface area contributed by atoms with Gasteiger partial charge in [0.2, 0.25) is 0 Å². The molecule has 2 atom stereocenters. The summed E-state index contributed by atoms with van der Waals surface area (Å²) in [7, 11) is 0. The predicted molar refractivity (Wildman–Crippen MR) is 82.3 cm³/mol. The van der Waals surface area contributed by atoms with Gasteiger partial charge in [0.1, 0.15) is 0 Å². The molecule has 19 heavy (non-hydrogen) atoms. The van der Waals surface area contributed by atoms with Crippen LogP contribution in [0.4, 0.5) is 0 Å². The summed E-state index contributed by atoms with van der Waals surface area (Å²) in [6.07, 6.45) is 2.57. The number of likely N-dealkylation sites (tertiary alicyclic amines) is 1. The van der Waals surface area contributed by atoms with Gasteiger partial charge in [-0.3, -0.25) is 4.90 Å². The van der Waals surface area contributed by atoms with Crippen molar-refractivity contribution in [2.45, 2.75) is 45.6 Å². The van der Waals surface area contributed by atoms with E-state index in [-0.39, 0.29) is 0 Å². The van der Waals surface area contributed by atoms with Gasteiger partial charge in [0.15, 0.2) is 0 Å². The molecule has 0 aliphatic carbocycles. The molecule has 0 aromatic heterocycles. The molecule has 0 saturated carbocycles. The number of rotatable bonds is 4. The first kappa shape index (κ1) is 14.5. The Hall–Kier alpha value is -0.860. The summed E-state index contributed by atoms with van der Waals surface area (Å²) in [5.41, 5.74) is 7.98. The minimum atomic E-state index is 0.471. The largest absolute Gasteiger partial charge is 0.329 e. The number of piperidine rings is 1. The maximum atomic E-state index is 6.07. The minimum Gasteiger partial charge on any atom is -0.329 e. The molecule has 2 nitrogen and oxygen atoms in total. The Kier molecular flexibility index (Phi) is 4.64. The first-order valence-corrected chi connectivity index (χ1v) is 7.52. The third-order valence-electron chi connectivity index (χ3n) is 4.76. The fraction of sp³-hybridized carbons (Fsp3) is 0.647. The summed E-state index contributed by atoms with van der Waals surface area (Å²) in [5.74, 6) is 0.507. The Labute approximate surface area is 118 Å². The zero-order valence-corrected chi connectivity index (χ0v) is 12.6. The Morgan fingerprint density at radius 2 is 1.74 bits per heavy atom. The number of nitrogens with two attached hydrogens (primary N) is 1. The molecule has 2 unspecified atom stereocenters. The van der Waals surface area contributed by atoms with E-state index in [1.807, 2.05) is 0 Å². The molecule has 0 radical (unpaired) electrons. The highest BCUT2D eigenvalue weighted by Gasteiger charge is 2.31. The SMILES string of the molecule is CC(c1ccccc1)C(CN)N1CCC(C)(C)CC1. The van der Waals surface area contributed by atoms with Crippen LogP contribution in [0, 0.1) is 5.41 Å². The van der Waals surface area contributed by atoms with Crippen molar-refractivity contribution in [2.75, 3.05) is 19.6 Å². The molecule has 1 aliphatic heterocycles. The normalized spacial score (nSPS) is 22.9. The van der Waals surface area contributed by atoms with Crippen molar-refractivity contribution in [3.05, 3.63) is 35.9 Å². The lowest BCUT2D eigenvalue weighted by Gasteiger charge is -2.42. The predicted octanol–water partition coefficient (Wildman–Crippen LogP) is 3.24. The maximum absolute atomic E-state index is 6.07. The van der Waals surface area contributed by atoms with E-state index < -0.39 is 0 Å². The molecule has 1 aliphatic rings. The van der Waals surface area contributed by atoms with Crippen LogP contribution < -0.4 is 5.73 Å². The standard InChI is InChI=1S/C17H28N2/c1-14(15-7-5-4-6-8-15)16(13-18)19-11-9-17(2,3)10-12-19/h4-8,14,16H,9-13,18H2,1-3H3. The quantitative estimate of drug-likeness (QED) is 0.900. The van der Waals surface area contributed by atoms with E-state index in [0.717, 1.165) is 6.54 Å². The van der Waals surface area contributed by atoms with Crippen LogP contribution in [0.1, 0.15) is 45.1 Å². The van der Waals surface area contributed by atoms with Crippen LogP contribution >= 0.6 is 0 Å². The lowest BCUT2D eigenvalue weighted by atomic mass is 9.81. The summed E-state index contributed by atoms with van der Waals surface area (Å²) >= 11 is 0. The summed E-state index contributed by atoms with van der Waals surface area (Å²) in [6, 6.07) is 11.2. The molecule has 0 amide bonds. The van der Waals surface area contributed by atoms with Gasteiger partial charge in [-0.15, -0.1) is 0 Å². The molecule has 0 spiro atoms. The molecule has 0 bridgehead atoms. The van der Waals surface area contributed by atoms with Gasteiger partial charge in [-0.05, 0) is 42.8 Å². The second-order valence-electron chi connectivity index (χ2n) is 6.70. The number of hydrogen-bond donors (Lipinski definition) is 1. The Balaban J connectivity index is 2.04. The van der Waals surface area contributed by atoms with Crippen LogP contribution in [0.15, 0.2) is 30.3 Å². The summed E-state index contributed by atoms with van der Waals surface area (Å²) in [4.78, 5) is 2.60. The van der Waals surface area contributed by atoms with E-state index in [4.69, 9.17) is 5.73 Å². The fourth-order valence-corrected chi connectivity index (χ4v) is 3.11. The monoisotopic (exact) mass is 260 g/mol. The molecule has 2 rings (SSSR count). The van der Waals surface area contributed by atoms with Crippen molar-refractivity contribution in [2.24, 2.45) is 11.1 Å². The average Bonchev–Trinajstić information content (AvgIpc) is 2.42. The third-order valence-corrected chi connectivity index (χ3v) is 4.76. The van der Waals surface area contributed by atoms with E-state index in [1.165, 1.54) is 31.5 Å². The van der Waals surface area contributed by atoms with Crippen molar-refractivity contribution in [1.82, 2.24) is 4.90 Å². The highest BCUT2D eigenvalue weighted by molar-refractivity contribution is 5.20. The fourth-order valence-electron chi connectivity index (χ4n) is 3.11. The van der Waals surface area contributed by atoms with Crippen LogP contribution in [0.2, 0.25) is 0 Å². The summed E-state index contributed by atoms with van der Waals surface area (Å²) in [5, 5.41) is 0. The van der Waals surface area contributed by atoms with Crippen molar-refractivity contribution in [3.63, 3.8) is 0 Å². The number of benzene rings is 1. The lowest BCUT2D eigenvalue weighted by Crippen LogP contribution is -2.49. The van der Waals surface area contributed by atoms with Gasteiger partial charge in [-0.2, -0.15) is 0 Å². The molecule has 1 heterocycles. The van der Waals surface area contributed by atoms with Crippen LogP contribution in [0.3, 0.4) is 0 Å². The van der Waals surface area contributed by atoms with Gasteiger partial charge < -0.3 is 5.73 Å². The second kappa shape index (κ2) is 6.06. The molecule has 1 fully saturated rings. The molecule has 2 N–H and O–H groups in total. The van der Waals surface area contributed by atoms with Gasteiger partial charge in [0, 0.05) is 12.6 Å². The highest BCUT2D eigenvalue weighted by Crippen LogP contribution is 2.33. The van der Waals surface area contributed by atoms with E-state index in [9.17, 15) is 0 Å². The molecule has 106 valence electrons. The molecular formula is C17H28N2. The zero-order chi connectivity index (χ0) is 13.9. The van der Waals surface area contributed by atoms with Crippen molar-refractivity contribution >= 4 is 0 Å².